The number of thiazole rings is 1. The Morgan fingerprint density at radius 2 is 2.05 bits per heavy atom. The van der Waals surface area contributed by atoms with E-state index < -0.39 is 0 Å². The number of fused-ring (bicyclic) bond motifs is 1. The van der Waals surface area contributed by atoms with E-state index in [2.05, 4.69) is 29.4 Å². The second-order valence-corrected chi connectivity index (χ2v) is 6.15. The quantitative estimate of drug-likeness (QED) is 0.701. The Bertz CT molecular complexity index is 867. The van der Waals surface area contributed by atoms with Crippen LogP contribution in [0.1, 0.15) is 16.1 Å². The van der Waals surface area contributed by atoms with Crippen LogP contribution in [0.25, 0.3) is 15.8 Å². The van der Waals surface area contributed by atoms with Crippen molar-refractivity contribution in [2.45, 2.75) is 13.8 Å². The van der Waals surface area contributed by atoms with Crippen molar-refractivity contribution in [3.05, 3.63) is 64.8 Å². The first kappa shape index (κ1) is 14.3. The lowest BCUT2D eigenvalue weighted by atomic mass is 10.1. The monoisotopic (exact) mass is 305 g/mol. The van der Waals surface area contributed by atoms with Gasteiger partial charge in [-0.25, -0.2) is 4.98 Å². The Kier molecular flexibility index (Phi) is 3.90. The average Bonchev–Trinajstić information content (AvgIpc) is 2.93. The van der Waals surface area contributed by atoms with E-state index in [4.69, 9.17) is 0 Å². The molecule has 3 nitrogen and oxygen atoms in total. The maximum atomic E-state index is 9.40. The van der Waals surface area contributed by atoms with Gasteiger partial charge in [0.1, 0.15) is 16.6 Å². The van der Waals surface area contributed by atoms with Crippen LogP contribution in [0.15, 0.2) is 48.7 Å². The van der Waals surface area contributed by atoms with Gasteiger partial charge in [-0.2, -0.15) is 5.26 Å². The molecule has 0 atom stereocenters. The molecule has 0 aliphatic rings. The van der Waals surface area contributed by atoms with E-state index in [1.165, 1.54) is 16.9 Å². The van der Waals surface area contributed by atoms with E-state index in [1.807, 2.05) is 43.3 Å². The zero-order chi connectivity index (χ0) is 15.5. The number of nitrogens with zero attached hydrogens (tertiary/aromatic N) is 2. The number of aryl methyl sites for hydroxylation is 2. The molecular formula is C18H15N3S. The first-order valence-electron chi connectivity index (χ1n) is 6.97. The van der Waals surface area contributed by atoms with Crippen molar-refractivity contribution in [1.82, 2.24) is 4.98 Å². The number of nitrogens with one attached hydrogen (secondary N) is 1. The second kappa shape index (κ2) is 6.00. The van der Waals surface area contributed by atoms with Crippen molar-refractivity contribution >= 4 is 32.8 Å². The summed E-state index contributed by atoms with van der Waals surface area (Å²) in [6, 6.07) is 16.3. The minimum atomic E-state index is 0.543. The molecule has 0 unspecified atom stereocenters. The van der Waals surface area contributed by atoms with Gasteiger partial charge in [-0.05, 0) is 37.6 Å². The van der Waals surface area contributed by atoms with Crippen LogP contribution in [0.5, 0.6) is 0 Å². The first-order chi connectivity index (χ1) is 10.7. The van der Waals surface area contributed by atoms with E-state index in [9.17, 15) is 5.26 Å². The maximum Gasteiger partial charge on any atom is 0.136 e. The highest BCUT2D eigenvalue weighted by Crippen LogP contribution is 2.27. The van der Waals surface area contributed by atoms with Gasteiger partial charge in [0.15, 0.2) is 0 Å². The summed E-state index contributed by atoms with van der Waals surface area (Å²) in [6.45, 7) is 4.11. The Hall–Kier alpha value is -2.64. The molecule has 0 bridgehead atoms. The van der Waals surface area contributed by atoms with Gasteiger partial charge in [0.2, 0.25) is 0 Å². The zero-order valence-electron chi connectivity index (χ0n) is 12.4. The van der Waals surface area contributed by atoms with Gasteiger partial charge in [0.25, 0.3) is 0 Å². The standard InChI is InChI=1S/C18H15N3S/c1-12-7-8-15(13(2)9-12)20-11-14(10-19)18-21-16-5-3-4-6-17(16)22-18/h3-9,11,20H,1-2H3. The number of nitriles is 1. The third-order valence-corrected chi connectivity index (χ3v) is 4.47. The molecule has 0 saturated carbocycles. The smallest absolute Gasteiger partial charge is 0.136 e. The molecule has 3 rings (SSSR count). The molecule has 0 radical (unpaired) electrons. The van der Waals surface area contributed by atoms with Gasteiger partial charge in [0.05, 0.1) is 10.2 Å². The van der Waals surface area contributed by atoms with Crippen molar-refractivity contribution < 1.29 is 0 Å². The molecule has 108 valence electrons. The largest absolute Gasteiger partial charge is 0.360 e. The average molecular weight is 305 g/mol. The molecule has 4 heteroatoms. The van der Waals surface area contributed by atoms with Gasteiger partial charge < -0.3 is 5.32 Å². The third-order valence-electron chi connectivity index (χ3n) is 3.40. The molecule has 0 saturated heterocycles. The summed E-state index contributed by atoms with van der Waals surface area (Å²) in [4.78, 5) is 4.52. The summed E-state index contributed by atoms with van der Waals surface area (Å²) in [7, 11) is 0. The normalized spacial score (nSPS) is 11.4. The van der Waals surface area contributed by atoms with E-state index in [0.29, 0.717) is 5.57 Å². The molecule has 22 heavy (non-hydrogen) atoms. The molecular weight excluding hydrogens is 290 g/mol. The molecule has 0 amide bonds. The predicted octanol–water partition coefficient (Wildman–Crippen LogP) is 4.89. The van der Waals surface area contributed by atoms with Gasteiger partial charge in [-0.1, -0.05) is 29.8 Å². The predicted molar refractivity (Wildman–Crippen MR) is 92.7 cm³/mol. The summed E-state index contributed by atoms with van der Waals surface area (Å²) in [5.41, 5.74) is 4.84. The summed E-state index contributed by atoms with van der Waals surface area (Å²) in [5, 5.41) is 13.4. The molecule has 2 aromatic carbocycles. The Labute approximate surface area is 133 Å². The molecule has 0 aliphatic carbocycles. The van der Waals surface area contributed by atoms with Crippen LogP contribution < -0.4 is 5.32 Å². The highest BCUT2D eigenvalue weighted by Gasteiger charge is 2.08. The number of rotatable bonds is 3. The SMILES string of the molecule is Cc1ccc(NC=C(C#N)c2nc3ccccc3s2)c(C)c1. The minimum Gasteiger partial charge on any atom is -0.360 e. The highest BCUT2D eigenvalue weighted by atomic mass is 32.1. The molecule has 1 N–H and O–H groups in total. The van der Waals surface area contributed by atoms with Gasteiger partial charge in [-0.15, -0.1) is 11.3 Å². The lowest BCUT2D eigenvalue weighted by Crippen LogP contribution is -1.93. The molecule has 0 aliphatic heterocycles. The molecule has 1 heterocycles. The van der Waals surface area contributed by atoms with Crippen molar-refractivity contribution in [3.8, 4) is 6.07 Å². The fourth-order valence-electron chi connectivity index (χ4n) is 2.25. The van der Waals surface area contributed by atoms with Gasteiger partial charge >= 0.3 is 0 Å². The van der Waals surface area contributed by atoms with E-state index >= 15 is 0 Å². The Balaban J connectivity index is 1.91. The number of hydrogen-bond donors (Lipinski definition) is 1. The number of benzene rings is 2. The van der Waals surface area contributed by atoms with Gasteiger partial charge in [0, 0.05) is 11.9 Å². The highest BCUT2D eigenvalue weighted by molar-refractivity contribution is 7.19. The molecule has 3 aromatic rings. The van der Waals surface area contributed by atoms with E-state index in [1.54, 1.807) is 6.20 Å². The lowest BCUT2D eigenvalue weighted by Gasteiger charge is -2.06. The van der Waals surface area contributed by atoms with Crippen LogP contribution in [0, 0.1) is 25.2 Å². The first-order valence-corrected chi connectivity index (χ1v) is 7.79. The van der Waals surface area contributed by atoms with Crippen LogP contribution in [-0.2, 0) is 0 Å². The lowest BCUT2D eigenvalue weighted by molar-refractivity contribution is 1.37. The Morgan fingerprint density at radius 3 is 2.77 bits per heavy atom. The van der Waals surface area contributed by atoms with Crippen LogP contribution in [-0.4, -0.2) is 4.98 Å². The van der Waals surface area contributed by atoms with Crippen LogP contribution in [0.3, 0.4) is 0 Å². The second-order valence-electron chi connectivity index (χ2n) is 5.12. The molecule has 0 fully saturated rings. The maximum absolute atomic E-state index is 9.40. The summed E-state index contributed by atoms with van der Waals surface area (Å²) >= 11 is 1.53. The van der Waals surface area contributed by atoms with Crippen molar-refractivity contribution in [3.63, 3.8) is 0 Å². The summed E-state index contributed by atoms with van der Waals surface area (Å²) in [5.74, 6) is 0. The molecule has 1 aromatic heterocycles. The van der Waals surface area contributed by atoms with Crippen LogP contribution >= 0.6 is 11.3 Å². The van der Waals surface area contributed by atoms with Gasteiger partial charge in [-0.3, -0.25) is 0 Å². The number of hydrogen-bond acceptors (Lipinski definition) is 4. The zero-order valence-corrected chi connectivity index (χ0v) is 13.2. The van der Waals surface area contributed by atoms with E-state index in [0.717, 1.165) is 26.5 Å². The number of aromatic nitrogens is 1. The summed E-state index contributed by atoms with van der Waals surface area (Å²) in [6.07, 6.45) is 1.73. The van der Waals surface area contributed by atoms with Crippen molar-refractivity contribution in [1.29, 1.82) is 5.26 Å². The number of anilines is 1. The van der Waals surface area contributed by atoms with E-state index in [-0.39, 0.29) is 0 Å². The number of para-hydroxylation sites is 1. The van der Waals surface area contributed by atoms with Crippen molar-refractivity contribution in [2.24, 2.45) is 0 Å². The topological polar surface area (TPSA) is 48.7 Å². The van der Waals surface area contributed by atoms with Crippen LogP contribution in [0.4, 0.5) is 5.69 Å². The minimum absolute atomic E-state index is 0.543. The fraction of sp³-hybridized carbons (Fsp3) is 0.111. The summed E-state index contributed by atoms with van der Waals surface area (Å²) < 4.78 is 1.09. The Morgan fingerprint density at radius 1 is 1.23 bits per heavy atom. The number of allylic oxidation sites excluding steroid dienone is 1. The fourth-order valence-corrected chi connectivity index (χ4v) is 3.19. The third kappa shape index (κ3) is 2.85. The van der Waals surface area contributed by atoms with Crippen LogP contribution in [0.2, 0.25) is 0 Å². The molecule has 0 spiro atoms. The van der Waals surface area contributed by atoms with Crippen molar-refractivity contribution in [2.75, 3.05) is 5.32 Å².